The van der Waals surface area contributed by atoms with E-state index < -0.39 is 0 Å². The van der Waals surface area contributed by atoms with Crippen molar-refractivity contribution < 1.29 is 9.90 Å². The minimum absolute atomic E-state index is 0.0541. The zero-order valence-electron chi connectivity index (χ0n) is 10.8. The highest BCUT2D eigenvalue weighted by Gasteiger charge is 2.23. The van der Waals surface area contributed by atoms with Crippen molar-refractivity contribution in [3.63, 3.8) is 0 Å². The summed E-state index contributed by atoms with van der Waals surface area (Å²) in [6, 6.07) is 0.155. The van der Waals surface area contributed by atoms with E-state index in [4.69, 9.17) is 10.8 Å². The van der Waals surface area contributed by atoms with E-state index in [1.165, 1.54) is 0 Å². The Morgan fingerprint density at radius 3 is 2.62 bits per heavy atom. The largest absolute Gasteiger partial charge is 0.396 e. The van der Waals surface area contributed by atoms with Crippen LogP contribution in [0.1, 0.15) is 52.9 Å². The summed E-state index contributed by atoms with van der Waals surface area (Å²) >= 11 is 0. The third-order valence-electron chi connectivity index (χ3n) is 2.95. The fourth-order valence-electron chi connectivity index (χ4n) is 1.56. The van der Waals surface area contributed by atoms with Crippen molar-refractivity contribution in [1.29, 1.82) is 0 Å². The molecule has 16 heavy (non-hydrogen) atoms. The van der Waals surface area contributed by atoms with Crippen molar-refractivity contribution in [2.45, 2.75) is 64.5 Å². The van der Waals surface area contributed by atoms with Gasteiger partial charge in [-0.05, 0) is 39.5 Å². The standard InChI is InChI=1S/C12H26N2O2/c1-4-12(3,8-9-15)14-11(16)7-5-6-10(2)13/h10,15H,4-9,13H2,1-3H3,(H,14,16). The Hall–Kier alpha value is -0.610. The molecule has 1 amide bonds. The molecule has 0 aromatic carbocycles. The Labute approximate surface area is 98.6 Å². The molecule has 0 heterocycles. The van der Waals surface area contributed by atoms with Crippen LogP contribution >= 0.6 is 0 Å². The molecule has 0 spiro atoms. The maximum Gasteiger partial charge on any atom is 0.220 e. The lowest BCUT2D eigenvalue weighted by molar-refractivity contribution is -0.123. The van der Waals surface area contributed by atoms with E-state index in [0.717, 1.165) is 19.3 Å². The van der Waals surface area contributed by atoms with E-state index in [1.807, 2.05) is 20.8 Å². The van der Waals surface area contributed by atoms with Gasteiger partial charge in [0.1, 0.15) is 0 Å². The predicted molar refractivity (Wildman–Crippen MR) is 66.0 cm³/mol. The van der Waals surface area contributed by atoms with Gasteiger partial charge in [-0.25, -0.2) is 0 Å². The van der Waals surface area contributed by atoms with Gasteiger partial charge in [0.2, 0.25) is 5.91 Å². The number of hydrogen-bond acceptors (Lipinski definition) is 3. The Morgan fingerprint density at radius 1 is 1.56 bits per heavy atom. The van der Waals surface area contributed by atoms with Crippen molar-refractivity contribution in [2.75, 3.05) is 6.61 Å². The van der Waals surface area contributed by atoms with Crippen LogP contribution in [0.2, 0.25) is 0 Å². The van der Waals surface area contributed by atoms with E-state index in [2.05, 4.69) is 5.32 Å². The lowest BCUT2D eigenvalue weighted by Crippen LogP contribution is -2.46. The van der Waals surface area contributed by atoms with Crippen LogP contribution in [0.15, 0.2) is 0 Å². The molecular weight excluding hydrogens is 204 g/mol. The highest BCUT2D eigenvalue weighted by Crippen LogP contribution is 2.14. The van der Waals surface area contributed by atoms with Crippen LogP contribution < -0.4 is 11.1 Å². The van der Waals surface area contributed by atoms with Crippen molar-refractivity contribution in [2.24, 2.45) is 5.73 Å². The number of amides is 1. The lowest BCUT2D eigenvalue weighted by atomic mass is 9.94. The van der Waals surface area contributed by atoms with E-state index in [-0.39, 0.29) is 24.1 Å². The molecule has 0 aromatic heterocycles. The van der Waals surface area contributed by atoms with E-state index >= 15 is 0 Å². The highest BCUT2D eigenvalue weighted by atomic mass is 16.3. The molecule has 0 aliphatic carbocycles. The number of nitrogens with two attached hydrogens (primary N) is 1. The molecule has 0 aliphatic rings. The Bertz CT molecular complexity index is 207. The molecule has 2 atom stereocenters. The highest BCUT2D eigenvalue weighted by molar-refractivity contribution is 5.76. The van der Waals surface area contributed by atoms with Crippen LogP contribution in [0.25, 0.3) is 0 Å². The van der Waals surface area contributed by atoms with Gasteiger partial charge >= 0.3 is 0 Å². The minimum Gasteiger partial charge on any atom is -0.396 e. The predicted octanol–water partition coefficient (Wildman–Crippen LogP) is 1.17. The quantitative estimate of drug-likeness (QED) is 0.586. The number of rotatable bonds is 8. The second kappa shape index (κ2) is 7.63. The first-order valence-corrected chi connectivity index (χ1v) is 6.11. The molecule has 2 unspecified atom stereocenters. The summed E-state index contributed by atoms with van der Waals surface area (Å²) in [5, 5.41) is 11.9. The fourth-order valence-corrected chi connectivity index (χ4v) is 1.56. The molecule has 0 radical (unpaired) electrons. The minimum atomic E-state index is -0.278. The summed E-state index contributed by atoms with van der Waals surface area (Å²) in [6.07, 6.45) is 3.64. The molecule has 0 saturated heterocycles. The fraction of sp³-hybridized carbons (Fsp3) is 0.917. The van der Waals surface area contributed by atoms with Crippen molar-refractivity contribution in [3.05, 3.63) is 0 Å². The van der Waals surface area contributed by atoms with Gasteiger partial charge in [-0.15, -0.1) is 0 Å². The van der Waals surface area contributed by atoms with Gasteiger partial charge in [0.05, 0.1) is 0 Å². The molecule has 0 fully saturated rings. The number of aliphatic hydroxyl groups excluding tert-OH is 1. The van der Waals surface area contributed by atoms with Crippen LogP contribution in [0.3, 0.4) is 0 Å². The molecule has 0 rings (SSSR count). The molecule has 0 aliphatic heterocycles. The monoisotopic (exact) mass is 230 g/mol. The van der Waals surface area contributed by atoms with E-state index in [9.17, 15) is 4.79 Å². The van der Waals surface area contributed by atoms with Gasteiger partial charge in [0.15, 0.2) is 0 Å². The third-order valence-corrected chi connectivity index (χ3v) is 2.95. The van der Waals surface area contributed by atoms with Gasteiger partial charge in [-0.2, -0.15) is 0 Å². The Kier molecular flexibility index (Phi) is 7.34. The second-order valence-corrected chi connectivity index (χ2v) is 4.81. The van der Waals surface area contributed by atoms with Crippen LogP contribution in [0.5, 0.6) is 0 Å². The topological polar surface area (TPSA) is 75.3 Å². The maximum absolute atomic E-state index is 11.6. The molecule has 0 aromatic rings. The zero-order valence-corrected chi connectivity index (χ0v) is 10.8. The van der Waals surface area contributed by atoms with E-state index in [1.54, 1.807) is 0 Å². The molecule has 0 bridgehead atoms. The van der Waals surface area contributed by atoms with Crippen LogP contribution in [0.4, 0.5) is 0 Å². The van der Waals surface area contributed by atoms with Crippen molar-refractivity contribution in [1.82, 2.24) is 5.32 Å². The summed E-state index contributed by atoms with van der Waals surface area (Å²) in [5.41, 5.74) is 5.34. The van der Waals surface area contributed by atoms with Crippen molar-refractivity contribution in [3.8, 4) is 0 Å². The molecule has 4 nitrogen and oxygen atoms in total. The number of carbonyl (C=O) groups is 1. The summed E-state index contributed by atoms with van der Waals surface area (Å²) in [6.45, 7) is 6.02. The van der Waals surface area contributed by atoms with E-state index in [0.29, 0.717) is 12.8 Å². The normalized spacial score (nSPS) is 16.6. The van der Waals surface area contributed by atoms with Gasteiger partial charge < -0.3 is 16.2 Å². The summed E-state index contributed by atoms with van der Waals surface area (Å²) in [4.78, 5) is 11.6. The second-order valence-electron chi connectivity index (χ2n) is 4.81. The summed E-state index contributed by atoms with van der Waals surface area (Å²) in [5.74, 6) is 0.0541. The molecular formula is C12H26N2O2. The van der Waals surface area contributed by atoms with Crippen LogP contribution in [0, 0.1) is 0 Å². The SMILES string of the molecule is CCC(C)(CCO)NC(=O)CCCC(C)N. The van der Waals surface area contributed by atoms with Gasteiger partial charge in [-0.1, -0.05) is 6.92 Å². The smallest absolute Gasteiger partial charge is 0.220 e. The van der Waals surface area contributed by atoms with Gasteiger partial charge in [0, 0.05) is 24.6 Å². The number of carbonyl (C=O) groups excluding carboxylic acids is 1. The lowest BCUT2D eigenvalue weighted by Gasteiger charge is -2.29. The van der Waals surface area contributed by atoms with Crippen LogP contribution in [-0.2, 0) is 4.79 Å². The maximum atomic E-state index is 11.6. The summed E-state index contributed by atoms with van der Waals surface area (Å²) in [7, 11) is 0. The number of nitrogens with one attached hydrogen (secondary N) is 1. The van der Waals surface area contributed by atoms with Crippen LogP contribution in [-0.4, -0.2) is 29.2 Å². The average molecular weight is 230 g/mol. The molecule has 0 saturated carbocycles. The Balaban J connectivity index is 3.92. The Morgan fingerprint density at radius 2 is 2.19 bits per heavy atom. The molecule has 4 N–H and O–H groups in total. The third kappa shape index (κ3) is 6.80. The first-order chi connectivity index (χ1) is 7.43. The van der Waals surface area contributed by atoms with Gasteiger partial charge in [-0.3, -0.25) is 4.79 Å². The first-order valence-electron chi connectivity index (χ1n) is 6.11. The number of hydrogen-bond donors (Lipinski definition) is 3. The zero-order chi connectivity index (χ0) is 12.6. The number of aliphatic hydroxyl groups is 1. The molecule has 4 heteroatoms. The molecule has 96 valence electrons. The summed E-state index contributed by atoms with van der Waals surface area (Å²) < 4.78 is 0. The van der Waals surface area contributed by atoms with Crippen molar-refractivity contribution >= 4 is 5.91 Å². The first kappa shape index (κ1) is 15.4. The average Bonchev–Trinajstić information content (AvgIpc) is 2.17. The van der Waals surface area contributed by atoms with Gasteiger partial charge in [0.25, 0.3) is 0 Å².